The first-order chi connectivity index (χ1) is 14.2. The van der Waals surface area contributed by atoms with Crippen molar-refractivity contribution < 1.29 is 54.0 Å². The zero-order valence-electron chi connectivity index (χ0n) is 16.4. The van der Waals surface area contributed by atoms with Gasteiger partial charge in [0.15, 0.2) is 0 Å². The molecule has 3 amide bonds. The zero-order valence-corrected chi connectivity index (χ0v) is 16.4. The number of carbonyl (C=O) groups is 7. The lowest BCUT2D eigenvalue weighted by Crippen LogP contribution is -2.56. The molecule has 174 valence electrons. The van der Waals surface area contributed by atoms with Crippen LogP contribution in [0.15, 0.2) is 0 Å². The van der Waals surface area contributed by atoms with E-state index in [2.05, 4.69) is 5.32 Å². The van der Waals surface area contributed by atoms with Crippen LogP contribution in [0.3, 0.4) is 0 Å². The van der Waals surface area contributed by atoms with Crippen molar-refractivity contribution in [3.8, 4) is 0 Å². The number of nitrogens with one attached hydrogen (secondary N) is 3. The summed E-state index contributed by atoms with van der Waals surface area (Å²) in [5.74, 6) is -9.00. The third kappa shape index (κ3) is 11.1. The fourth-order valence-electron chi connectivity index (χ4n) is 2.12. The lowest BCUT2D eigenvalue weighted by molar-refractivity contribution is -0.147. The Bertz CT molecular complexity index is 739. The minimum absolute atomic E-state index is 0.276. The van der Waals surface area contributed by atoms with Gasteiger partial charge in [0.05, 0.1) is 18.9 Å². The summed E-state index contributed by atoms with van der Waals surface area (Å²) < 4.78 is 0. The van der Waals surface area contributed by atoms with Crippen LogP contribution >= 0.6 is 0 Å². The lowest BCUT2D eigenvalue weighted by atomic mass is 10.1. The summed E-state index contributed by atoms with van der Waals surface area (Å²) in [4.78, 5) is 79.5. The highest BCUT2D eigenvalue weighted by molar-refractivity contribution is 5.95. The van der Waals surface area contributed by atoms with E-state index >= 15 is 0 Å². The topological polar surface area (TPSA) is 263 Å². The number of carbonyl (C=O) groups excluding carboxylic acids is 3. The number of aliphatic carboxylic acids is 4. The standard InChI is InChI=1S/C16H24N4O11/c1-6(13(27)20-9(16(30)31)5-12(25)26)18-15(29)8(4-11(23)24)19-14(28)7(17)2-3-10(21)22/h6-9H,2-5,17H2,1H3,(H,18,29)(H,19,28)(H,20,27)(H,21,22)(H,23,24)(H,25,26)(H,30,31)/t6-,7-,8-,9-/m0/s1. The fourth-order valence-corrected chi connectivity index (χ4v) is 2.12. The van der Waals surface area contributed by atoms with Crippen LogP contribution in [0.1, 0.15) is 32.6 Å². The summed E-state index contributed by atoms with van der Waals surface area (Å²) in [6.45, 7) is 1.12. The van der Waals surface area contributed by atoms with Crippen molar-refractivity contribution in [2.24, 2.45) is 5.73 Å². The van der Waals surface area contributed by atoms with E-state index in [1.807, 2.05) is 10.6 Å². The predicted octanol–water partition coefficient (Wildman–Crippen LogP) is -3.31. The molecular weight excluding hydrogens is 424 g/mol. The van der Waals surface area contributed by atoms with Gasteiger partial charge in [0.25, 0.3) is 0 Å². The van der Waals surface area contributed by atoms with Crippen molar-refractivity contribution >= 4 is 41.6 Å². The maximum absolute atomic E-state index is 12.3. The van der Waals surface area contributed by atoms with Gasteiger partial charge in [-0.05, 0) is 13.3 Å². The minimum atomic E-state index is -1.77. The van der Waals surface area contributed by atoms with Gasteiger partial charge in [0.1, 0.15) is 18.1 Å². The van der Waals surface area contributed by atoms with E-state index in [4.69, 9.17) is 26.2 Å². The second kappa shape index (κ2) is 12.7. The van der Waals surface area contributed by atoms with E-state index in [1.165, 1.54) is 0 Å². The zero-order chi connectivity index (χ0) is 24.3. The molecule has 0 aromatic rings. The lowest BCUT2D eigenvalue weighted by Gasteiger charge is -2.22. The molecule has 0 saturated carbocycles. The molecule has 0 radical (unpaired) electrons. The Morgan fingerprint density at radius 1 is 0.710 bits per heavy atom. The Labute approximate surface area is 175 Å². The molecule has 0 fully saturated rings. The second-order valence-electron chi connectivity index (χ2n) is 6.43. The van der Waals surface area contributed by atoms with Crippen LogP contribution in [-0.2, 0) is 33.6 Å². The molecule has 0 aromatic carbocycles. The molecule has 0 unspecified atom stereocenters. The van der Waals surface area contributed by atoms with Gasteiger partial charge in [-0.2, -0.15) is 0 Å². The van der Waals surface area contributed by atoms with Crippen LogP contribution in [0.5, 0.6) is 0 Å². The number of carboxylic acid groups (broad SMARTS) is 4. The van der Waals surface area contributed by atoms with Crippen molar-refractivity contribution in [2.75, 3.05) is 0 Å². The molecular formula is C16H24N4O11. The monoisotopic (exact) mass is 448 g/mol. The summed E-state index contributed by atoms with van der Waals surface area (Å²) in [6, 6.07) is -6.21. The van der Waals surface area contributed by atoms with Gasteiger partial charge in [-0.1, -0.05) is 0 Å². The Hall–Kier alpha value is -3.75. The van der Waals surface area contributed by atoms with Crippen LogP contribution in [0.25, 0.3) is 0 Å². The minimum Gasteiger partial charge on any atom is -0.481 e. The molecule has 15 nitrogen and oxygen atoms in total. The smallest absolute Gasteiger partial charge is 0.326 e. The normalized spacial score (nSPS) is 14.3. The first kappa shape index (κ1) is 27.2. The van der Waals surface area contributed by atoms with Crippen molar-refractivity contribution in [3.63, 3.8) is 0 Å². The highest BCUT2D eigenvalue weighted by atomic mass is 16.4. The molecule has 0 rings (SSSR count). The summed E-state index contributed by atoms with van der Waals surface area (Å²) in [5, 5.41) is 41.1. The van der Waals surface area contributed by atoms with Crippen LogP contribution in [0, 0.1) is 0 Å². The molecule has 0 spiro atoms. The van der Waals surface area contributed by atoms with Crippen molar-refractivity contribution in [2.45, 2.75) is 56.8 Å². The first-order valence-electron chi connectivity index (χ1n) is 8.79. The molecule has 0 aromatic heterocycles. The molecule has 0 aliphatic carbocycles. The van der Waals surface area contributed by atoms with Gasteiger partial charge in [-0.3, -0.25) is 28.8 Å². The highest BCUT2D eigenvalue weighted by Crippen LogP contribution is 2.00. The van der Waals surface area contributed by atoms with E-state index < -0.39 is 85.0 Å². The molecule has 0 heterocycles. The molecule has 0 bridgehead atoms. The van der Waals surface area contributed by atoms with Crippen molar-refractivity contribution in [1.82, 2.24) is 16.0 Å². The van der Waals surface area contributed by atoms with Gasteiger partial charge in [-0.15, -0.1) is 0 Å². The van der Waals surface area contributed by atoms with Crippen LogP contribution in [0.2, 0.25) is 0 Å². The van der Waals surface area contributed by atoms with Crippen molar-refractivity contribution in [3.05, 3.63) is 0 Å². The molecule has 15 heteroatoms. The highest BCUT2D eigenvalue weighted by Gasteiger charge is 2.30. The number of hydrogen-bond donors (Lipinski definition) is 8. The first-order valence-corrected chi connectivity index (χ1v) is 8.79. The number of hydrogen-bond acceptors (Lipinski definition) is 8. The molecule has 0 aliphatic rings. The Morgan fingerprint density at radius 2 is 1.19 bits per heavy atom. The van der Waals surface area contributed by atoms with E-state index in [1.54, 1.807) is 0 Å². The van der Waals surface area contributed by atoms with Gasteiger partial charge in [0.2, 0.25) is 17.7 Å². The number of nitrogens with two attached hydrogens (primary N) is 1. The van der Waals surface area contributed by atoms with Gasteiger partial charge in [-0.25, -0.2) is 4.79 Å². The largest absolute Gasteiger partial charge is 0.481 e. The predicted molar refractivity (Wildman–Crippen MR) is 98.5 cm³/mol. The Balaban J connectivity index is 5.09. The van der Waals surface area contributed by atoms with Gasteiger partial charge < -0.3 is 42.1 Å². The Kier molecular flexibility index (Phi) is 11.2. The summed E-state index contributed by atoms with van der Waals surface area (Å²) >= 11 is 0. The number of carboxylic acids is 4. The maximum atomic E-state index is 12.3. The maximum Gasteiger partial charge on any atom is 0.326 e. The SMILES string of the molecule is C[C@H](NC(=O)[C@H](CC(=O)O)NC(=O)[C@@H](N)CCC(=O)O)C(=O)N[C@@H](CC(=O)O)C(=O)O. The quantitative estimate of drug-likeness (QED) is 0.130. The molecule has 4 atom stereocenters. The third-order valence-electron chi connectivity index (χ3n) is 3.76. The van der Waals surface area contributed by atoms with Crippen LogP contribution in [-0.4, -0.2) is 86.2 Å². The molecule has 0 saturated heterocycles. The van der Waals surface area contributed by atoms with Gasteiger partial charge in [0, 0.05) is 6.42 Å². The molecule has 9 N–H and O–H groups in total. The van der Waals surface area contributed by atoms with E-state index in [0.29, 0.717) is 0 Å². The van der Waals surface area contributed by atoms with Crippen LogP contribution < -0.4 is 21.7 Å². The van der Waals surface area contributed by atoms with Gasteiger partial charge >= 0.3 is 23.9 Å². The Morgan fingerprint density at radius 3 is 1.65 bits per heavy atom. The molecule has 31 heavy (non-hydrogen) atoms. The molecule has 0 aliphatic heterocycles. The van der Waals surface area contributed by atoms with E-state index in [-0.39, 0.29) is 6.42 Å². The third-order valence-corrected chi connectivity index (χ3v) is 3.76. The average Bonchev–Trinajstić information content (AvgIpc) is 2.63. The van der Waals surface area contributed by atoms with Crippen molar-refractivity contribution in [1.29, 1.82) is 0 Å². The summed E-state index contributed by atoms with van der Waals surface area (Å²) in [6.07, 6.45) is -2.54. The van der Waals surface area contributed by atoms with Crippen LogP contribution in [0.4, 0.5) is 0 Å². The average molecular weight is 448 g/mol. The van der Waals surface area contributed by atoms with E-state index in [0.717, 1.165) is 6.92 Å². The number of amides is 3. The second-order valence-corrected chi connectivity index (χ2v) is 6.43. The summed E-state index contributed by atoms with van der Waals surface area (Å²) in [5.41, 5.74) is 5.49. The summed E-state index contributed by atoms with van der Waals surface area (Å²) in [7, 11) is 0. The number of rotatable bonds is 14. The fraction of sp³-hybridized carbons (Fsp3) is 0.562. The van der Waals surface area contributed by atoms with E-state index in [9.17, 15) is 33.6 Å².